The second-order valence-corrected chi connectivity index (χ2v) is 5.97. The lowest BCUT2D eigenvalue weighted by Crippen LogP contribution is -2.16. The number of aromatic carboxylic acids is 1. The van der Waals surface area contributed by atoms with Gasteiger partial charge < -0.3 is 15.9 Å². The first-order valence-electron chi connectivity index (χ1n) is 7.43. The fraction of sp³-hybridized carbons (Fsp3) is 0.222. The van der Waals surface area contributed by atoms with Crippen LogP contribution in [0.5, 0.6) is 0 Å². The molecule has 0 aliphatic heterocycles. The van der Waals surface area contributed by atoms with Gasteiger partial charge in [-0.15, -0.1) is 0 Å². The van der Waals surface area contributed by atoms with Crippen molar-refractivity contribution in [2.24, 2.45) is 5.73 Å². The number of hydrogen-bond donors (Lipinski definition) is 3. The molecule has 0 unspecified atom stereocenters. The maximum atomic E-state index is 10.9. The van der Waals surface area contributed by atoms with Gasteiger partial charge in [0.25, 0.3) is 0 Å². The number of carbonyl (C=O) groups is 2. The van der Waals surface area contributed by atoms with Crippen molar-refractivity contribution >= 4 is 23.5 Å². The monoisotopic (exact) mass is 347 g/mol. The van der Waals surface area contributed by atoms with E-state index in [9.17, 15) is 9.59 Å². The molecule has 0 spiro atoms. The van der Waals surface area contributed by atoms with Crippen LogP contribution in [0.15, 0.2) is 42.5 Å². The molecule has 126 valence electrons. The van der Waals surface area contributed by atoms with E-state index < -0.39 is 11.9 Å². The minimum Gasteiger partial charge on any atom is -0.481 e. The van der Waals surface area contributed by atoms with E-state index in [1.165, 1.54) is 0 Å². The number of halogens is 1. The third kappa shape index (κ3) is 4.57. The van der Waals surface area contributed by atoms with Crippen LogP contribution in [0.3, 0.4) is 0 Å². The maximum absolute atomic E-state index is 10.9. The molecule has 0 aliphatic rings. The summed E-state index contributed by atoms with van der Waals surface area (Å²) in [6, 6.07) is 12.0. The van der Waals surface area contributed by atoms with Crippen LogP contribution < -0.4 is 5.73 Å². The number of hydrogen-bond acceptors (Lipinski definition) is 3. The molecule has 5 nitrogen and oxygen atoms in total. The molecule has 1 atom stereocenters. The van der Waals surface area contributed by atoms with Gasteiger partial charge in [-0.2, -0.15) is 0 Å². The Morgan fingerprint density at radius 2 is 1.75 bits per heavy atom. The summed E-state index contributed by atoms with van der Waals surface area (Å²) >= 11 is 6.24. The zero-order chi connectivity index (χ0) is 17.7. The van der Waals surface area contributed by atoms with Crippen molar-refractivity contribution in [3.8, 4) is 0 Å². The van der Waals surface area contributed by atoms with Crippen LogP contribution in [0.4, 0.5) is 0 Å². The van der Waals surface area contributed by atoms with Crippen LogP contribution in [-0.4, -0.2) is 28.7 Å². The second-order valence-electron chi connectivity index (χ2n) is 5.56. The number of carboxylic acids is 2. The van der Waals surface area contributed by atoms with E-state index in [2.05, 4.69) is 0 Å². The van der Waals surface area contributed by atoms with Gasteiger partial charge in [0, 0.05) is 10.9 Å². The number of rotatable bonds is 7. The minimum atomic E-state index is -0.971. The third-order valence-electron chi connectivity index (χ3n) is 3.84. The number of nitrogens with two attached hydrogens (primary N) is 1. The van der Waals surface area contributed by atoms with Gasteiger partial charge in [0.15, 0.2) is 0 Å². The lowest BCUT2D eigenvalue weighted by molar-refractivity contribution is -0.137. The number of carboxylic acid groups (broad SMARTS) is 2. The summed E-state index contributed by atoms with van der Waals surface area (Å²) in [7, 11) is 0. The van der Waals surface area contributed by atoms with Crippen LogP contribution in [0.1, 0.15) is 39.4 Å². The Balaban J connectivity index is 2.24. The highest BCUT2D eigenvalue weighted by atomic mass is 35.5. The van der Waals surface area contributed by atoms with Crippen LogP contribution in [0, 0.1) is 0 Å². The number of benzene rings is 2. The standard InChI is InChI=1S/C18H18ClNO4/c19-16-6-5-13(15(10-20)9-17(21)22)8-14(16)7-11-1-3-12(4-2-11)18(23)24/h1-6,8,15H,7,9-10,20H2,(H,21,22)(H,23,24)/t15-/m0/s1. The van der Waals surface area contributed by atoms with E-state index in [-0.39, 0.29) is 24.4 Å². The normalized spacial score (nSPS) is 11.9. The summed E-state index contributed by atoms with van der Waals surface area (Å²) in [5.74, 6) is -2.14. The first-order valence-corrected chi connectivity index (χ1v) is 7.81. The zero-order valence-electron chi connectivity index (χ0n) is 12.9. The van der Waals surface area contributed by atoms with Gasteiger partial charge in [-0.05, 0) is 47.9 Å². The molecule has 0 saturated heterocycles. The lowest BCUT2D eigenvalue weighted by Gasteiger charge is -2.15. The van der Waals surface area contributed by atoms with E-state index in [1.54, 1.807) is 36.4 Å². The molecule has 0 aliphatic carbocycles. The van der Waals surface area contributed by atoms with Crippen LogP contribution in [0.25, 0.3) is 0 Å². The predicted molar refractivity (Wildman–Crippen MR) is 91.7 cm³/mol. The van der Waals surface area contributed by atoms with E-state index in [0.717, 1.165) is 16.7 Å². The molecule has 2 aromatic carbocycles. The molecule has 24 heavy (non-hydrogen) atoms. The fourth-order valence-corrected chi connectivity index (χ4v) is 2.70. The average Bonchev–Trinajstić information content (AvgIpc) is 2.55. The molecule has 6 heteroatoms. The van der Waals surface area contributed by atoms with E-state index >= 15 is 0 Å². The SMILES string of the molecule is NC[C@H](CC(=O)O)c1ccc(Cl)c(Cc2ccc(C(=O)O)cc2)c1. The second kappa shape index (κ2) is 7.95. The Morgan fingerprint density at radius 1 is 1.08 bits per heavy atom. The summed E-state index contributed by atoms with van der Waals surface area (Å²) in [5.41, 5.74) is 8.51. The van der Waals surface area contributed by atoms with Crippen molar-refractivity contribution in [3.05, 3.63) is 69.7 Å². The van der Waals surface area contributed by atoms with Crippen molar-refractivity contribution in [2.45, 2.75) is 18.8 Å². The molecule has 2 aromatic rings. The average molecular weight is 348 g/mol. The first-order chi connectivity index (χ1) is 11.4. The summed E-state index contributed by atoms with van der Waals surface area (Å²) in [6.45, 7) is 0.237. The van der Waals surface area contributed by atoms with Crippen LogP contribution in [-0.2, 0) is 11.2 Å². The largest absolute Gasteiger partial charge is 0.481 e. The van der Waals surface area contributed by atoms with Crippen LogP contribution in [0.2, 0.25) is 5.02 Å². The van der Waals surface area contributed by atoms with Gasteiger partial charge in [-0.3, -0.25) is 4.79 Å². The highest BCUT2D eigenvalue weighted by molar-refractivity contribution is 6.31. The molecule has 0 bridgehead atoms. The molecular weight excluding hydrogens is 330 g/mol. The molecule has 0 amide bonds. The summed E-state index contributed by atoms with van der Waals surface area (Å²) in [6.07, 6.45) is 0.488. The van der Waals surface area contributed by atoms with Gasteiger partial charge in [-0.25, -0.2) is 4.79 Å². The van der Waals surface area contributed by atoms with Crippen molar-refractivity contribution in [2.75, 3.05) is 6.54 Å². The summed E-state index contributed by atoms with van der Waals surface area (Å²) in [5, 5.41) is 18.5. The maximum Gasteiger partial charge on any atom is 0.335 e. The Bertz CT molecular complexity index is 743. The Morgan fingerprint density at radius 3 is 2.29 bits per heavy atom. The Labute approximate surface area is 144 Å². The van der Waals surface area contributed by atoms with Crippen molar-refractivity contribution in [3.63, 3.8) is 0 Å². The Hall–Kier alpha value is -2.37. The van der Waals surface area contributed by atoms with Crippen LogP contribution >= 0.6 is 11.6 Å². The third-order valence-corrected chi connectivity index (χ3v) is 4.21. The smallest absolute Gasteiger partial charge is 0.335 e. The lowest BCUT2D eigenvalue weighted by atomic mass is 9.92. The topological polar surface area (TPSA) is 101 Å². The van der Waals surface area contributed by atoms with Gasteiger partial charge in [0.2, 0.25) is 0 Å². The molecule has 0 heterocycles. The van der Waals surface area contributed by atoms with Gasteiger partial charge in [-0.1, -0.05) is 35.9 Å². The molecule has 0 radical (unpaired) electrons. The highest BCUT2D eigenvalue weighted by Gasteiger charge is 2.15. The van der Waals surface area contributed by atoms with Crippen molar-refractivity contribution in [1.82, 2.24) is 0 Å². The summed E-state index contributed by atoms with van der Waals surface area (Å²) in [4.78, 5) is 21.8. The quantitative estimate of drug-likeness (QED) is 0.714. The highest BCUT2D eigenvalue weighted by Crippen LogP contribution is 2.26. The molecule has 2 rings (SSSR count). The van der Waals surface area contributed by atoms with Gasteiger partial charge >= 0.3 is 11.9 Å². The number of aliphatic carboxylic acids is 1. The molecular formula is C18H18ClNO4. The fourth-order valence-electron chi connectivity index (χ4n) is 2.52. The molecule has 0 fully saturated rings. The summed E-state index contributed by atoms with van der Waals surface area (Å²) < 4.78 is 0. The predicted octanol–water partition coefficient (Wildman–Crippen LogP) is 3.15. The molecule has 0 aromatic heterocycles. The van der Waals surface area contributed by atoms with Gasteiger partial charge in [0.05, 0.1) is 12.0 Å². The molecule has 4 N–H and O–H groups in total. The first kappa shape index (κ1) is 18.0. The van der Waals surface area contributed by atoms with Crippen molar-refractivity contribution in [1.29, 1.82) is 0 Å². The van der Waals surface area contributed by atoms with E-state index in [1.807, 2.05) is 6.07 Å². The van der Waals surface area contributed by atoms with E-state index in [4.69, 9.17) is 27.5 Å². The minimum absolute atomic E-state index is 0.0368. The van der Waals surface area contributed by atoms with Gasteiger partial charge in [0.1, 0.15) is 0 Å². The van der Waals surface area contributed by atoms with E-state index in [0.29, 0.717) is 11.4 Å². The zero-order valence-corrected chi connectivity index (χ0v) is 13.7. The van der Waals surface area contributed by atoms with Crippen molar-refractivity contribution < 1.29 is 19.8 Å². The molecule has 0 saturated carbocycles. The Kier molecular flexibility index (Phi) is 5.95.